The predicted molar refractivity (Wildman–Crippen MR) is 112 cm³/mol. The molecule has 2 aliphatic heterocycles. The molecule has 2 heterocycles. The van der Waals surface area contributed by atoms with Gasteiger partial charge in [-0.25, -0.2) is 8.78 Å². The molecule has 3 unspecified atom stereocenters. The van der Waals surface area contributed by atoms with Crippen molar-refractivity contribution >= 4 is 0 Å². The fraction of sp³-hybridized carbons (Fsp3) is 0.478. The van der Waals surface area contributed by atoms with E-state index in [1.54, 1.807) is 14.2 Å². The number of nitrogens with one attached hydrogen (secondary N) is 2. The van der Waals surface area contributed by atoms with Gasteiger partial charge in [0.1, 0.15) is 23.1 Å². The summed E-state index contributed by atoms with van der Waals surface area (Å²) in [4.78, 5) is 2.40. The Balaban J connectivity index is 1.49. The van der Waals surface area contributed by atoms with E-state index in [-0.39, 0.29) is 17.5 Å². The molecule has 0 amide bonds. The molecule has 30 heavy (non-hydrogen) atoms. The maximum Gasteiger partial charge on any atom is 0.129 e. The fourth-order valence-corrected chi connectivity index (χ4v) is 4.86. The first-order chi connectivity index (χ1) is 14.6. The van der Waals surface area contributed by atoms with Crippen LogP contribution in [-0.2, 0) is 6.54 Å². The van der Waals surface area contributed by atoms with E-state index < -0.39 is 11.6 Å². The molecule has 5 nitrogen and oxygen atoms in total. The number of benzene rings is 2. The Morgan fingerprint density at radius 3 is 2.63 bits per heavy atom. The Morgan fingerprint density at radius 2 is 1.90 bits per heavy atom. The van der Waals surface area contributed by atoms with Crippen LogP contribution in [0.5, 0.6) is 11.5 Å². The Morgan fingerprint density at radius 1 is 1.10 bits per heavy atom. The van der Waals surface area contributed by atoms with Crippen LogP contribution in [0, 0.1) is 17.6 Å². The minimum Gasteiger partial charge on any atom is -0.497 e. The average Bonchev–Trinajstić information content (AvgIpc) is 3.23. The van der Waals surface area contributed by atoms with Crippen molar-refractivity contribution in [3.63, 3.8) is 0 Å². The van der Waals surface area contributed by atoms with Gasteiger partial charge in [-0.3, -0.25) is 15.8 Å². The highest BCUT2D eigenvalue weighted by Gasteiger charge is 2.39. The molecule has 2 N–H and O–H groups in total. The van der Waals surface area contributed by atoms with Crippen LogP contribution in [0.25, 0.3) is 0 Å². The van der Waals surface area contributed by atoms with Gasteiger partial charge in [-0.15, -0.1) is 0 Å². The van der Waals surface area contributed by atoms with Crippen LogP contribution in [0.1, 0.15) is 29.9 Å². The third-order valence-electron chi connectivity index (χ3n) is 6.33. The quantitative estimate of drug-likeness (QED) is 0.754. The molecule has 2 saturated heterocycles. The maximum absolute atomic E-state index is 14.4. The molecular weight excluding hydrogens is 388 g/mol. The molecule has 162 valence electrons. The van der Waals surface area contributed by atoms with Crippen LogP contribution in [0.4, 0.5) is 8.78 Å². The number of likely N-dealkylation sites (tertiary alicyclic amines) is 1. The van der Waals surface area contributed by atoms with E-state index in [1.165, 1.54) is 18.2 Å². The van der Waals surface area contributed by atoms with Gasteiger partial charge in [0.05, 0.1) is 14.2 Å². The second kappa shape index (κ2) is 9.29. The second-order valence-electron chi connectivity index (χ2n) is 8.11. The number of ether oxygens (including phenoxy) is 2. The Labute approximate surface area is 176 Å². The average molecular weight is 418 g/mol. The van der Waals surface area contributed by atoms with Gasteiger partial charge in [-0.1, -0.05) is 12.1 Å². The predicted octanol–water partition coefficient (Wildman–Crippen LogP) is 3.45. The zero-order valence-electron chi connectivity index (χ0n) is 17.5. The molecule has 4 rings (SSSR count). The lowest BCUT2D eigenvalue weighted by Crippen LogP contribution is -2.46. The first-order valence-corrected chi connectivity index (χ1v) is 10.5. The molecule has 2 aliphatic rings. The number of hydrazine groups is 1. The highest BCUT2D eigenvalue weighted by atomic mass is 19.1. The maximum atomic E-state index is 14.4. The summed E-state index contributed by atoms with van der Waals surface area (Å²) >= 11 is 0. The summed E-state index contributed by atoms with van der Waals surface area (Å²) in [5.74, 6) is 0.706. The van der Waals surface area contributed by atoms with Gasteiger partial charge < -0.3 is 9.47 Å². The van der Waals surface area contributed by atoms with E-state index in [2.05, 4.69) is 15.8 Å². The summed E-state index contributed by atoms with van der Waals surface area (Å²) in [7, 11) is 3.31. The van der Waals surface area contributed by atoms with E-state index in [1.807, 2.05) is 18.2 Å². The number of piperidine rings is 1. The third-order valence-corrected chi connectivity index (χ3v) is 6.33. The van der Waals surface area contributed by atoms with Gasteiger partial charge >= 0.3 is 0 Å². The van der Waals surface area contributed by atoms with Crippen LogP contribution in [0.2, 0.25) is 0 Å². The Kier molecular flexibility index (Phi) is 6.51. The van der Waals surface area contributed by atoms with Gasteiger partial charge in [0.2, 0.25) is 0 Å². The van der Waals surface area contributed by atoms with Crippen molar-refractivity contribution in [1.29, 1.82) is 0 Å². The summed E-state index contributed by atoms with van der Waals surface area (Å²) in [5.41, 5.74) is 7.73. The molecule has 2 fully saturated rings. The normalized spacial score (nSPS) is 24.7. The standard InChI is InChI=1S/C23H29F2N3O2/c1-29-17-9-8-15(21(11-17)30-2)13-28-10-4-5-16(14-28)23-18(12-26-27-23)22-19(24)6-3-7-20(22)25/h3,6-9,11,16,18,23,26-27H,4-5,10,12-14H2,1-2H3. The van der Waals surface area contributed by atoms with Crippen LogP contribution in [-0.4, -0.2) is 44.8 Å². The molecule has 7 heteroatoms. The molecule has 0 spiro atoms. The van der Waals surface area contributed by atoms with Crippen molar-refractivity contribution < 1.29 is 18.3 Å². The first-order valence-electron chi connectivity index (χ1n) is 10.5. The van der Waals surface area contributed by atoms with Gasteiger partial charge in [0.25, 0.3) is 0 Å². The highest BCUT2D eigenvalue weighted by molar-refractivity contribution is 5.40. The number of methoxy groups -OCH3 is 2. The first kappa shape index (κ1) is 21.0. The number of hydrogen-bond donors (Lipinski definition) is 2. The molecule has 3 atom stereocenters. The van der Waals surface area contributed by atoms with E-state index >= 15 is 0 Å². The Hall–Kier alpha value is -2.22. The van der Waals surface area contributed by atoms with Crippen molar-refractivity contribution in [1.82, 2.24) is 15.8 Å². The summed E-state index contributed by atoms with van der Waals surface area (Å²) < 4.78 is 39.7. The molecule has 2 aromatic carbocycles. The van der Waals surface area contributed by atoms with Crippen molar-refractivity contribution in [3.8, 4) is 11.5 Å². The fourth-order valence-electron chi connectivity index (χ4n) is 4.86. The van der Waals surface area contributed by atoms with E-state index in [0.29, 0.717) is 12.5 Å². The van der Waals surface area contributed by atoms with Crippen molar-refractivity contribution in [2.24, 2.45) is 5.92 Å². The van der Waals surface area contributed by atoms with Gasteiger partial charge in [0, 0.05) is 48.8 Å². The number of halogens is 2. The van der Waals surface area contributed by atoms with Gasteiger partial charge in [-0.05, 0) is 43.5 Å². The van der Waals surface area contributed by atoms with Crippen molar-refractivity contribution in [3.05, 3.63) is 59.2 Å². The third kappa shape index (κ3) is 4.29. The number of hydrogen-bond acceptors (Lipinski definition) is 5. The van der Waals surface area contributed by atoms with Crippen molar-refractivity contribution in [2.75, 3.05) is 33.9 Å². The summed E-state index contributed by atoms with van der Waals surface area (Å²) in [5, 5.41) is 0. The second-order valence-corrected chi connectivity index (χ2v) is 8.11. The molecular formula is C23H29F2N3O2. The van der Waals surface area contributed by atoms with Gasteiger partial charge in [0.15, 0.2) is 0 Å². The van der Waals surface area contributed by atoms with Crippen molar-refractivity contribution in [2.45, 2.75) is 31.3 Å². The lowest BCUT2D eigenvalue weighted by molar-refractivity contribution is 0.138. The van der Waals surface area contributed by atoms with Crippen LogP contribution >= 0.6 is 0 Å². The van der Waals surface area contributed by atoms with Gasteiger partial charge in [-0.2, -0.15) is 0 Å². The lowest BCUT2D eigenvalue weighted by Gasteiger charge is -2.37. The van der Waals surface area contributed by atoms with E-state index in [9.17, 15) is 8.78 Å². The summed E-state index contributed by atoms with van der Waals surface area (Å²) in [6.07, 6.45) is 2.08. The summed E-state index contributed by atoms with van der Waals surface area (Å²) in [6, 6.07) is 9.97. The smallest absolute Gasteiger partial charge is 0.129 e. The molecule has 0 aliphatic carbocycles. The number of nitrogens with zero attached hydrogens (tertiary/aromatic N) is 1. The molecule has 0 aromatic heterocycles. The zero-order chi connectivity index (χ0) is 21.1. The molecule has 2 aromatic rings. The topological polar surface area (TPSA) is 45.8 Å². The highest BCUT2D eigenvalue weighted by Crippen LogP contribution is 2.35. The van der Waals surface area contributed by atoms with E-state index in [4.69, 9.17) is 9.47 Å². The monoisotopic (exact) mass is 417 g/mol. The van der Waals surface area contributed by atoms with Crippen LogP contribution in [0.15, 0.2) is 36.4 Å². The largest absolute Gasteiger partial charge is 0.497 e. The SMILES string of the molecule is COc1ccc(CN2CCCC(C3NNCC3c3c(F)cccc3F)C2)c(OC)c1. The summed E-state index contributed by atoms with van der Waals surface area (Å²) in [6.45, 7) is 3.14. The number of rotatable bonds is 6. The molecule has 0 radical (unpaired) electrons. The molecule has 0 bridgehead atoms. The lowest BCUT2D eigenvalue weighted by atomic mass is 9.80. The minimum atomic E-state index is -0.467. The van der Waals surface area contributed by atoms with Crippen LogP contribution in [0.3, 0.4) is 0 Å². The Bertz CT molecular complexity index is 859. The van der Waals surface area contributed by atoms with E-state index in [0.717, 1.165) is 49.5 Å². The zero-order valence-corrected chi connectivity index (χ0v) is 17.5. The van der Waals surface area contributed by atoms with Crippen LogP contribution < -0.4 is 20.3 Å². The minimum absolute atomic E-state index is 0.0167. The molecule has 0 saturated carbocycles.